The van der Waals surface area contributed by atoms with Crippen molar-refractivity contribution in [3.05, 3.63) is 12.2 Å². The highest BCUT2D eigenvalue weighted by Crippen LogP contribution is 2.10. The Hall–Kier alpha value is -0.830. The standard InChI is InChI=1S/C24H48N2O/c1-4-7-8-9-10-11-12-13-14-15-16-17-18-19-20-21-24(27)26(6-3)23-22-25-5-2/h13-14,25H,4-12,15-23H2,1-3H3/b14-13-. The van der Waals surface area contributed by atoms with Crippen LogP contribution in [0.1, 0.15) is 111 Å². The number of carbonyl (C=O) groups is 1. The molecule has 0 aliphatic carbocycles. The Bertz CT molecular complexity index is 341. The van der Waals surface area contributed by atoms with Crippen molar-refractivity contribution in [1.29, 1.82) is 0 Å². The van der Waals surface area contributed by atoms with E-state index in [9.17, 15) is 4.79 Å². The Morgan fingerprint density at radius 2 is 1.33 bits per heavy atom. The van der Waals surface area contributed by atoms with Crippen LogP contribution in [0.25, 0.3) is 0 Å². The molecule has 0 rings (SSSR count). The average Bonchev–Trinajstić information content (AvgIpc) is 2.68. The third-order valence-electron chi connectivity index (χ3n) is 5.20. The van der Waals surface area contributed by atoms with E-state index in [2.05, 4.69) is 38.2 Å². The van der Waals surface area contributed by atoms with E-state index in [-0.39, 0.29) is 0 Å². The van der Waals surface area contributed by atoms with E-state index in [0.29, 0.717) is 5.91 Å². The molecule has 0 atom stereocenters. The Balaban J connectivity index is 3.40. The maximum Gasteiger partial charge on any atom is 0.222 e. The highest BCUT2D eigenvalue weighted by Gasteiger charge is 2.10. The lowest BCUT2D eigenvalue weighted by Crippen LogP contribution is -2.36. The van der Waals surface area contributed by atoms with E-state index >= 15 is 0 Å². The number of likely N-dealkylation sites (N-methyl/N-ethyl adjacent to an activating group) is 2. The molecule has 0 aromatic rings. The molecular weight excluding hydrogens is 332 g/mol. The van der Waals surface area contributed by atoms with Crippen LogP contribution in [0.4, 0.5) is 0 Å². The monoisotopic (exact) mass is 380 g/mol. The van der Waals surface area contributed by atoms with Gasteiger partial charge >= 0.3 is 0 Å². The molecule has 0 heterocycles. The SMILES string of the molecule is CCCCCCCC/C=C\CCCCCCCC(=O)N(CC)CCNCC. The molecule has 0 saturated heterocycles. The second-order valence-corrected chi connectivity index (χ2v) is 7.66. The fourth-order valence-corrected chi connectivity index (χ4v) is 3.36. The normalized spacial score (nSPS) is 11.4. The number of hydrogen-bond acceptors (Lipinski definition) is 2. The molecule has 3 heteroatoms. The first-order valence-corrected chi connectivity index (χ1v) is 11.9. The van der Waals surface area contributed by atoms with Crippen molar-refractivity contribution < 1.29 is 4.79 Å². The van der Waals surface area contributed by atoms with E-state index in [1.54, 1.807) is 0 Å². The molecule has 0 aromatic heterocycles. The molecule has 3 nitrogen and oxygen atoms in total. The van der Waals surface area contributed by atoms with Gasteiger partial charge in [0.05, 0.1) is 0 Å². The summed E-state index contributed by atoms with van der Waals surface area (Å²) in [6, 6.07) is 0. The third-order valence-corrected chi connectivity index (χ3v) is 5.20. The predicted octanol–water partition coefficient (Wildman–Crippen LogP) is 6.48. The van der Waals surface area contributed by atoms with Crippen molar-refractivity contribution in [3.63, 3.8) is 0 Å². The topological polar surface area (TPSA) is 32.3 Å². The summed E-state index contributed by atoms with van der Waals surface area (Å²) >= 11 is 0. The summed E-state index contributed by atoms with van der Waals surface area (Å²) in [5, 5.41) is 3.29. The minimum absolute atomic E-state index is 0.327. The first-order chi connectivity index (χ1) is 13.3. The Labute approximate surface area is 170 Å². The zero-order chi connectivity index (χ0) is 20.0. The van der Waals surface area contributed by atoms with E-state index < -0.39 is 0 Å². The van der Waals surface area contributed by atoms with Crippen molar-refractivity contribution in [2.24, 2.45) is 0 Å². The van der Waals surface area contributed by atoms with Gasteiger partial charge in [-0.15, -0.1) is 0 Å². The summed E-state index contributed by atoms with van der Waals surface area (Å²) in [7, 11) is 0. The molecule has 0 unspecified atom stereocenters. The Morgan fingerprint density at radius 3 is 1.89 bits per heavy atom. The molecular formula is C24H48N2O. The van der Waals surface area contributed by atoms with Crippen LogP contribution >= 0.6 is 0 Å². The largest absolute Gasteiger partial charge is 0.342 e. The van der Waals surface area contributed by atoms with Crippen LogP contribution in [-0.4, -0.2) is 37.0 Å². The van der Waals surface area contributed by atoms with Crippen molar-refractivity contribution in [2.45, 2.75) is 111 Å². The Kier molecular flexibility index (Phi) is 20.8. The number of nitrogens with zero attached hydrogens (tertiary/aromatic N) is 1. The van der Waals surface area contributed by atoms with Gasteiger partial charge in [0.15, 0.2) is 0 Å². The summed E-state index contributed by atoms with van der Waals surface area (Å²) in [6.45, 7) is 9.99. The van der Waals surface area contributed by atoms with Gasteiger partial charge in [-0.05, 0) is 45.6 Å². The molecule has 0 aliphatic heterocycles. The Morgan fingerprint density at radius 1 is 0.778 bits per heavy atom. The van der Waals surface area contributed by atoms with Crippen LogP contribution in [0.15, 0.2) is 12.2 Å². The van der Waals surface area contributed by atoms with Gasteiger partial charge in [0, 0.05) is 26.1 Å². The fraction of sp³-hybridized carbons (Fsp3) is 0.875. The zero-order valence-corrected chi connectivity index (χ0v) is 18.7. The highest BCUT2D eigenvalue weighted by atomic mass is 16.2. The third kappa shape index (κ3) is 18.3. The molecule has 0 aromatic carbocycles. The number of hydrogen-bond donors (Lipinski definition) is 1. The molecule has 27 heavy (non-hydrogen) atoms. The molecule has 0 saturated carbocycles. The van der Waals surface area contributed by atoms with Crippen molar-refractivity contribution in [2.75, 3.05) is 26.2 Å². The summed E-state index contributed by atoms with van der Waals surface area (Å²) in [6.07, 6.45) is 22.4. The van der Waals surface area contributed by atoms with Gasteiger partial charge in [-0.3, -0.25) is 4.79 Å². The summed E-state index contributed by atoms with van der Waals surface area (Å²) in [5.41, 5.74) is 0. The second kappa shape index (κ2) is 21.5. The van der Waals surface area contributed by atoms with Gasteiger partial charge in [0.1, 0.15) is 0 Å². The van der Waals surface area contributed by atoms with Gasteiger partial charge in [0.2, 0.25) is 5.91 Å². The minimum Gasteiger partial charge on any atom is -0.342 e. The molecule has 1 amide bonds. The van der Waals surface area contributed by atoms with Crippen LogP contribution in [0.3, 0.4) is 0 Å². The fourth-order valence-electron chi connectivity index (χ4n) is 3.36. The lowest BCUT2D eigenvalue weighted by Gasteiger charge is -2.21. The van der Waals surface area contributed by atoms with Crippen molar-refractivity contribution in [3.8, 4) is 0 Å². The lowest BCUT2D eigenvalue weighted by atomic mass is 10.1. The number of allylic oxidation sites excluding steroid dienone is 2. The maximum atomic E-state index is 12.2. The summed E-state index contributed by atoms with van der Waals surface area (Å²) < 4.78 is 0. The smallest absolute Gasteiger partial charge is 0.222 e. The molecule has 0 radical (unpaired) electrons. The predicted molar refractivity (Wildman–Crippen MR) is 120 cm³/mol. The van der Waals surface area contributed by atoms with Crippen LogP contribution in [0.2, 0.25) is 0 Å². The van der Waals surface area contributed by atoms with Crippen LogP contribution in [0.5, 0.6) is 0 Å². The van der Waals surface area contributed by atoms with Crippen LogP contribution < -0.4 is 5.32 Å². The van der Waals surface area contributed by atoms with Gasteiger partial charge in [0.25, 0.3) is 0 Å². The van der Waals surface area contributed by atoms with Crippen molar-refractivity contribution in [1.82, 2.24) is 10.2 Å². The number of carbonyl (C=O) groups excluding carboxylic acids is 1. The second-order valence-electron chi connectivity index (χ2n) is 7.66. The number of unbranched alkanes of at least 4 members (excludes halogenated alkanes) is 11. The van der Waals surface area contributed by atoms with E-state index in [1.807, 2.05) is 4.90 Å². The first kappa shape index (κ1) is 26.2. The number of rotatable bonds is 20. The maximum absolute atomic E-state index is 12.2. The molecule has 0 aliphatic rings. The number of nitrogens with one attached hydrogen (secondary N) is 1. The molecule has 160 valence electrons. The summed E-state index contributed by atoms with van der Waals surface area (Å²) in [4.78, 5) is 14.2. The van der Waals surface area contributed by atoms with Gasteiger partial charge in [-0.25, -0.2) is 0 Å². The molecule has 0 spiro atoms. The lowest BCUT2D eigenvalue weighted by molar-refractivity contribution is -0.131. The van der Waals surface area contributed by atoms with Gasteiger partial charge in [-0.1, -0.05) is 77.4 Å². The van der Waals surface area contributed by atoms with Crippen molar-refractivity contribution >= 4 is 5.91 Å². The van der Waals surface area contributed by atoms with E-state index in [1.165, 1.54) is 77.0 Å². The minimum atomic E-state index is 0.327. The van der Waals surface area contributed by atoms with Crippen LogP contribution in [-0.2, 0) is 4.79 Å². The average molecular weight is 381 g/mol. The number of amides is 1. The van der Waals surface area contributed by atoms with E-state index in [4.69, 9.17) is 0 Å². The van der Waals surface area contributed by atoms with Gasteiger partial charge in [-0.2, -0.15) is 0 Å². The first-order valence-electron chi connectivity index (χ1n) is 11.9. The van der Waals surface area contributed by atoms with Gasteiger partial charge < -0.3 is 10.2 Å². The van der Waals surface area contributed by atoms with Crippen LogP contribution in [0, 0.1) is 0 Å². The van der Waals surface area contributed by atoms with E-state index in [0.717, 1.165) is 39.0 Å². The quantitative estimate of drug-likeness (QED) is 0.193. The molecule has 0 bridgehead atoms. The molecule has 1 N–H and O–H groups in total. The highest BCUT2D eigenvalue weighted by molar-refractivity contribution is 5.76. The molecule has 0 fully saturated rings. The summed E-state index contributed by atoms with van der Waals surface area (Å²) in [5.74, 6) is 0.327. The zero-order valence-electron chi connectivity index (χ0n) is 18.7.